The van der Waals surface area contributed by atoms with Crippen LogP contribution in [0.4, 0.5) is 35.0 Å². The molecule has 1 aromatic carbocycles. The van der Waals surface area contributed by atoms with Gasteiger partial charge in [0.25, 0.3) is 0 Å². The van der Waals surface area contributed by atoms with Crippen LogP contribution in [0.5, 0.6) is 0 Å². The molecule has 5 nitrogen and oxygen atoms in total. The quantitative estimate of drug-likeness (QED) is 0.379. The predicted molar refractivity (Wildman–Crippen MR) is 90.9 cm³/mol. The predicted octanol–water partition coefficient (Wildman–Crippen LogP) is 4.56. The smallest absolute Gasteiger partial charge is 0.225 e. The summed E-state index contributed by atoms with van der Waals surface area (Å²) in [5, 5.41) is 3.14. The summed E-state index contributed by atoms with van der Waals surface area (Å²) in [6, 6.07) is 1.93. The van der Waals surface area contributed by atoms with Crippen LogP contribution in [0, 0.1) is 23.3 Å². The second-order valence-corrected chi connectivity index (χ2v) is 6.32. The summed E-state index contributed by atoms with van der Waals surface area (Å²) in [5.74, 6) is -5.11. The van der Waals surface area contributed by atoms with Crippen LogP contribution in [0.2, 0.25) is 0 Å². The average molecular weight is 369 g/mol. The van der Waals surface area contributed by atoms with Crippen molar-refractivity contribution in [3.63, 3.8) is 0 Å². The first-order valence-electron chi connectivity index (χ1n) is 8.39. The minimum Gasteiger partial charge on any atom is -0.352 e. The van der Waals surface area contributed by atoms with Gasteiger partial charge < -0.3 is 5.32 Å². The normalized spacial score (nSPS) is 14.8. The molecule has 0 bridgehead atoms. The lowest BCUT2D eigenvalue weighted by atomic mass is 10.2. The number of halogens is 4. The van der Waals surface area contributed by atoms with Gasteiger partial charge in [-0.25, -0.2) is 22.5 Å². The Morgan fingerprint density at radius 3 is 2.27 bits per heavy atom. The van der Waals surface area contributed by atoms with E-state index in [1.54, 1.807) is 6.07 Å². The second-order valence-electron chi connectivity index (χ2n) is 6.32. The molecule has 1 aliphatic carbocycles. The summed E-state index contributed by atoms with van der Waals surface area (Å²) < 4.78 is 54.0. The van der Waals surface area contributed by atoms with Gasteiger partial charge in [-0.2, -0.15) is 4.98 Å². The van der Waals surface area contributed by atoms with E-state index in [1.807, 2.05) is 13.8 Å². The summed E-state index contributed by atoms with van der Waals surface area (Å²) in [4.78, 5) is 8.67. The number of benzene rings is 1. The minimum atomic E-state index is -1.52. The van der Waals surface area contributed by atoms with E-state index < -0.39 is 29.0 Å². The Bertz CT molecular complexity index is 784. The topological polar surface area (TPSA) is 61.9 Å². The average Bonchev–Trinajstić information content (AvgIpc) is 3.45. The van der Waals surface area contributed by atoms with E-state index in [0.717, 1.165) is 25.0 Å². The van der Waals surface area contributed by atoms with Gasteiger partial charge in [0.2, 0.25) is 5.95 Å². The van der Waals surface area contributed by atoms with Crippen molar-refractivity contribution in [3.8, 4) is 0 Å². The first-order chi connectivity index (χ1) is 12.4. The van der Waals surface area contributed by atoms with Crippen molar-refractivity contribution in [1.29, 1.82) is 0 Å². The molecule has 1 saturated carbocycles. The monoisotopic (exact) mass is 369 g/mol. The van der Waals surface area contributed by atoms with Crippen LogP contribution < -0.4 is 16.2 Å². The van der Waals surface area contributed by atoms with Gasteiger partial charge in [0, 0.05) is 24.1 Å². The van der Waals surface area contributed by atoms with Crippen molar-refractivity contribution >= 4 is 17.5 Å². The van der Waals surface area contributed by atoms with Gasteiger partial charge in [-0.05, 0) is 26.2 Å². The molecule has 0 amide bonds. The maximum Gasteiger partial charge on any atom is 0.225 e. The van der Waals surface area contributed by atoms with Crippen molar-refractivity contribution in [3.05, 3.63) is 41.1 Å². The Morgan fingerprint density at radius 2 is 1.69 bits per heavy atom. The van der Waals surface area contributed by atoms with Crippen LogP contribution in [0.15, 0.2) is 12.1 Å². The third-order valence-corrected chi connectivity index (χ3v) is 4.16. The van der Waals surface area contributed by atoms with E-state index in [4.69, 9.17) is 0 Å². The summed E-state index contributed by atoms with van der Waals surface area (Å²) in [7, 11) is 0. The zero-order valence-corrected chi connectivity index (χ0v) is 14.3. The highest BCUT2D eigenvalue weighted by molar-refractivity contribution is 5.53. The molecule has 1 aliphatic rings. The van der Waals surface area contributed by atoms with Gasteiger partial charge >= 0.3 is 0 Å². The number of hydrazine groups is 1. The Hall–Kier alpha value is -2.58. The van der Waals surface area contributed by atoms with Gasteiger partial charge in [0.05, 0.1) is 5.69 Å². The Morgan fingerprint density at radius 1 is 1.04 bits per heavy atom. The lowest BCUT2D eigenvalue weighted by Crippen LogP contribution is -2.19. The summed E-state index contributed by atoms with van der Waals surface area (Å²) in [6.45, 7) is 3.98. The van der Waals surface area contributed by atoms with E-state index in [9.17, 15) is 17.6 Å². The molecule has 3 rings (SSSR count). The van der Waals surface area contributed by atoms with Gasteiger partial charge in [0.1, 0.15) is 11.5 Å². The second kappa shape index (κ2) is 7.35. The van der Waals surface area contributed by atoms with Crippen LogP contribution in [-0.4, -0.2) is 16.0 Å². The Balaban J connectivity index is 1.83. The Labute approximate surface area is 148 Å². The molecule has 2 aromatic rings. The van der Waals surface area contributed by atoms with Crippen molar-refractivity contribution in [2.45, 2.75) is 45.1 Å². The molecule has 26 heavy (non-hydrogen) atoms. The third-order valence-electron chi connectivity index (χ3n) is 4.16. The van der Waals surface area contributed by atoms with Crippen molar-refractivity contribution in [2.24, 2.45) is 0 Å². The van der Waals surface area contributed by atoms with Crippen LogP contribution in [0.25, 0.3) is 0 Å². The molecule has 3 N–H and O–H groups in total. The summed E-state index contributed by atoms with van der Waals surface area (Å²) in [6.07, 6.45) is 2.87. The molecular weight excluding hydrogens is 350 g/mol. The SMILES string of the molecule is CC[C@H](C)Nc1nc(NNc2c(F)c(F)cc(F)c2F)cc(C2CC2)n1. The van der Waals surface area contributed by atoms with Crippen molar-refractivity contribution in [1.82, 2.24) is 9.97 Å². The van der Waals surface area contributed by atoms with Crippen LogP contribution in [-0.2, 0) is 0 Å². The fourth-order valence-electron chi connectivity index (χ4n) is 2.31. The molecule has 0 spiro atoms. The molecule has 0 aliphatic heterocycles. The molecule has 1 atom stereocenters. The molecule has 0 unspecified atom stereocenters. The maximum absolute atomic E-state index is 13.7. The largest absolute Gasteiger partial charge is 0.352 e. The van der Waals surface area contributed by atoms with Gasteiger partial charge in [0.15, 0.2) is 23.3 Å². The van der Waals surface area contributed by atoms with E-state index in [0.29, 0.717) is 11.9 Å². The zero-order valence-electron chi connectivity index (χ0n) is 14.3. The molecule has 140 valence electrons. The van der Waals surface area contributed by atoms with E-state index in [1.165, 1.54) is 0 Å². The lowest BCUT2D eigenvalue weighted by molar-refractivity contribution is 0.459. The highest BCUT2D eigenvalue weighted by Gasteiger charge is 2.26. The fourth-order valence-corrected chi connectivity index (χ4v) is 2.31. The van der Waals surface area contributed by atoms with Crippen molar-refractivity contribution < 1.29 is 17.6 Å². The van der Waals surface area contributed by atoms with Crippen LogP contribution >= 0.6 is 0 Å². The maximum atomic E-state index is 13.7. The number of hydrogen-bond donors (Lipinski definition) is 3. The standard InChI is InChI=1S/C17H19F4N5/c1-3-8(2)22-17-23-12(9-4-5-9)7-13(24-17)25-26-16-14(20)10(18)6-11(19)15(16)21/h6-9,26H,3-5H2,1-2H3,(H2,22,23,24,25)/t8-/m0/s1. The van der Waals surface area contributed by atoms with Crippen LogP contribution in [0.1, 0.15) is 44.7 Å². The lowest BCUT2D eigenvalue weighted by Gasteiger charge is -2.15. The summed E-state index contributed by atoms with van der Waals surface area (Å²) in [5.41, 5.74) is 4.50. The van der Waals surface area contributed by atoms with Gasteiger partial charge in [-0.1, -0.05) is 6.92 Å². The molecular formula is C17H19F4N5. The number of aromatic nitrogens is 2. The molecule has 0 saturated heterocycles. The Kier molecular flexibility index (Phi) is 5.15. The number of rotatable bonds is 7. The van der Waals surface area contributed by atoms with E-state index in [-0.39, 0.29) is 17.9 Å². The number of nitrogens with one attached hydrogen (secondary N) is 3. The third kappa shape index (κ3) is 3.97. The zero-order chi connectivity index (χ0) is 18.8. The van der Waals surface area contributed by atoms with E-state index in [2.05, 4.69) is 26.1 Å². The van der Waals surface area contributed by atoms with Crippen LogP contribution in [0.3, 0.4) is 0 Å². The molecule has 0 radical (unpaired) electrons. The first kappa shape index (κ1) is 18.2. The molecule has 1 aromatic heterocycles. The van der Waals surface area contributed by atoms with Gasteiger partial charge in [-0.15, -0.1) is 0 Å². The highest BCUT2D eigenvalue weighted by atomic mass is 19.2. The summed E-state index contributed by atoms with van der Waals surface area (Å²) >= 11 is 0. The van der Waals surface area contributed by atoms with Gasteiger partial charge in [-0.3, -0.25) is 10.9 Å². The van der Waals surface area contributed by atoms with Crippen molar-refractivity contribution in [2.75, 3.05) is 16.2 Å². The number of hydrogen-bond acceptors (Lipinski definition) is 5. The number of anilines is 3. The molecule has 9 heteroatoms. The molecule has 1 heterocycles. The minimum absolute atomic E-state index is 0.137. The number of nitrogens with zero attached hydrogens (tertiary/aromatic N) is 2. The first-order valence-corrected chi connectivity index (χ1v) is 8.39. The fraction of sp³-hybridized carbons (Fsp3) is 0.412. The highest BCUT2D eigenvalue weighted by Crippen LogP contribution is 2.40. The molecule has 1 fully saturated rings. The van der Waals surface area contributed by atoms with E-state index >= 15 is 0 Å².